The van der Waals surface area contributed by atoms with Gasteiger partial charge in [0.1, 0.15) is 18.9 Å². The van der Waals surface area contributed by atoms with Gasteiger partial charge in [-0.1, -0.05) is 60.2 Å². The van der Waals surface area contributed by atoms with Crippen LogP contribution in [0, 0.1) is 17.0 Å². The van der Waals surface area contributed by atoms with Gasteiger partial charge in [-0.25, -0.2) is 13.8 Å². The summed E-state index contributed by atoms with van der Waals surface area (Å²) in [5.41, 5.74) is 4.80. The standard InChI is InChI=1S/C29H26N4O6S/c1-22-11-13-24(14-12-22)21-39-26-17-15-23(16-18-26)19-30-31-29(34)20-32(25-7-3-2-4-8-25)40(37,38)28-10-6-5-9-27(28)33(35)36/h2-19H,20-21H2,1H3,(H,31,34)/b30-19-. The van der Waals surface area contributed by atoms with Gasteiger partial charge in [-0.05, 0) is 60.5 Å². The summed E-state index contributed by atoms with van der Waals surface area (Å²) in [5, 5.41) is 15.4. The van der Waals surface area contributed by atoms with E-state index >= 15 is 0 Å². The fraction of sp³-hybridized carbons (Fsp3) is 0.103. The lowest BCUT2D eigenvalue weighted by Gasteiger charge is -2.23. The number of amides is 1. The molecule has 0 aliphatic heterocycles. The Labute approximate surface area is 231 Å². The molecule has 204 valence electrons. The van der Waals surface area contributed by atoms with Crippen molar-refractivity contribution in [3.05, 3.63) is 130 Å². The van der Waals surface area contributed by atoms with Crippen molar-refractivity contribution < 1.29 is 22.9 Å². The monoisotopic (exact) mass is 558 g/mol. The molecular formula is C29H26N4O6S. The average Bonchev–Trinajstić information content (AvgIpc) is 2.96. The first-order chi connectivity index (χ1) is 19.2. The molecule has 0 fully saturated rings. The van der Waals surface area contributed by atoms with E-state index in [1.54, 1.807) is 42.5 Å². The maximum Gasteiger partial charge on any atom is 0.289 e. The molecular weight excluding hydrogens is 532 g/mol. The largest absolute Gasteiger partial charge is 0.489 e. The number of hydrogen-bond donors (Lipinski definition) is 1. The smallest absolute Gasteiger partial charge is 0.289 e. The number of aryl methyl sites for hydroxylation is 1. The predicted octanol–water partition coefficient (Wildman–Crippen LogP) is 4.83. The highest BCUT2D eigenvalue weighted by atomic mass is 32.2. The molecule has 10 nitrogen and oxygen atoms in total. The zero-order valence-electron chi connectivity index (χ0n) is 21.5. The molecule has 0 saturated carbocycles. The summed E-state index contributed by atoms with van der Waals surface area (Å²) >= 11 is 0. The van der Waals surface area contributed by atoms with E-state index in [1.165, 1.54) is 36.0 Å². The van der Waals surface area contributed by atoms with Crippen molar-refractivity contribution in [1.82, 2.24) is 5.43 Å². The van der Waals surface area contributed by atoms with Crippen LogP contribution >= 0.6 is 0 Å². The number of hydrazone groups is 1. The molecule has 0 heterocycles. The normalized spacial score (nSPS) is 11.2. The Balaban J connectivity index is 1.42. The molecule has 1 amide bonds. The van der Waals surface area contributed by atoms with Crippen molar-refractivity contribution in [3.8, 4) is 5.75 Å². The van der Waals surface area contributed by atoms with Crippen LogP contribution < -0.4 is 14.5 Å². The number of ether oxygens (including phenoxy) is 1. The highest BCUT2D eigenvalue weighted by Gasteiger charge is 2.33. The average molecular weight is 559 g/mol. The van der Waals surface area contributed by atoms with Gasteiger partial charge in [-0.15, -0.1) is 0 Å². The Morgan fingerprint density at radius 2 is 1.60 bits per heavy atom. The van der Waals surface area contributed by atoms with Gasteiger partial charge in [-0.3, -0.25) is 19.2 Å². The Hall–Kier alpha value is -5.03. The van der Waals surface area contributed by atoms with Gasteiger partial charge in [0, 0.05) is 6.07 Å². The molecule has 0 radical (unpaired) electrons. The van der Waals surface area contributed by atoms with Gasteiger partial charge in [-0.2, -0.15) is 5.10 Å². The molecule has 0 aliphatic carbocycles. The second-order valence-corrected chi connectivity index (χ2v) is 10.5. The number of carbonyl (C=O) groups excluding carboxylic acids is 1. The Kier molecular flexibility index (Phi) is 8.87. The lowest BCUT2D eigenvalue weighted by molar-refractivity contribution is -0.387. The number of carbonyl (C=O) groups is 1. The summed E-state index contributed by atoms with van der Waals surface area (Å²) in [4.78, 5) is 22.9. The molecule has 0 saturated heterocycles. The SMILES string of the molecule is Cc1ccc(COc2ccc(/C=N\NC(=O)CN(c3ccccc3)S(=O)(=O)c3ccccc3[N+](=O)[O-])cc2)cc1. The number of hydrogen-bond acceptors (Lipinski definition) is 7. The number of nitro benzene ring substituents is 1. The van der Waals surface area contributed by atoms with E-state index in [2.05, 4.69) is 10.5 Å². The van der Waals surface area contributed by atoms with Crippen molar-refractivity contribution in [3.63, 3.8) is 0 Å². The maximum absolute atomic E-state index is 13.5. The first-order valence-electron chi connectivity index (χ1n) is 12.2. The highest BCUT2D eigenvalue weighted by Crippen LogP contribution is 2.29. The first kappa shape index (κ1) is 28.0. The second-order valence-electron chi connectivity index (χ2n) is 8.71. The van der Waals surface area contributed by atoms with Crippen molar-refractivity contribution >= 4 is 33.5 Å². The molecule has 0 aliphatic rings. The molecule has 4 rings (SSSR count). The topological polar surface area (TPSA) is 131 Å². The summed E-state index contributed by atoms with van der Waals surface area (Å²) in [6.45, 7) is 1.80. The predicted molar refractivity (Wildman–Crippen MR) is 152 cm³/mol. The van der Waals surface area contributed by atoms with Gasteiger partial charge in [0.05, 0.1) is 16.8 Å². The van der Waals surface area contributed by atoms with E-state index in [-0.39, 0.29) is 5.69 Å². The van der Waals surface area contributed by atoms with E-state index < -0.39 is 38.0 Å². The fourth-order valence-electron chi connectivity index (χ4n) is 3.70. The molecule has 4 aromatic carbocycles. The lowest BCUT2D eigenvalue weighted by atomic mass is 10.2. The van der Waals surface area contributed by atoms with E-state index in [0.29, 0.717) is 17.9 Å². The van der Waals surface area contributed by atoms with Crippen LogP contribution in [-0.4, -0.2) is 32.0 Å². The van der Waals surface area contributed by atoms with Crippen molar-refractivity contribution in [2.24, 2.45) is 5.10 Å². The molecule has 4 aromatic rings. The Morgan fingerprint density at radius 1 is 0.950 bits per heavy atom. The zero-order valence-corrected chi connectivity index (χ0v) is 22.3. The first-order valence-corrected chi connectivity index (χ1v) is 13.6. The number of para-hydroxylation sites is 2. The van der Waals surface area contributed by atoms with E-state index in [9.17, 15) is 23.3 Å². The third kappa shape index (κ3) is 7.08. The van der Waals surface area contributed by atoms with Crippen LogP contribution in [0.3, 0.4) is 0 Å². The number of benzene rings is 4. The number of sulfonamides is 1. The van der Waals surface area contributed by atoms with Crippen molar-refractivity contribution in [1.29, 1.82) is 0 Å². The summed E-state index contributed by atoms with van der Waals surface area (Å²) in [5.74, 6) is -0.0687. The summed E-state index contributed by atoms with van der Waals surface area (Å²) < 4.78 is 33.5. The number of nitrogens with one attached hydrogen (secondary N) is 1. The van der Waals surface area contributed by atoms with Crippen LogP contribution in [0.4, 0.5) is 11.4 Å². The molecule has 40 heavy (non-hydrogen) atoms. The van der Waals surface area contributed by atoms with E-state index in [0.717, 1.165) is 22.0 Å². The quantitative estimate of drug-likeness (QED) is 0.159. The number of nitrogens with zero attached hydrogens (tertiary/aromatic N) is 3. The minimum atomic E-state index is -4.47. The van der Waals surface area contributed by atoms with Crippen LogP contribution in [0.25, 0.3) is 0 Å². The van der Waals surface area contributed by atoms with Crippen LogP contribution in [0.2, 0.25) is 0 Å². The van der Waals surface area contributed by atoms with Gasteiger partial charge in [0.25, 0.3) is 21.6 Å². The van der Waals surface area contributed by atoms with E-state index in [1.807, 2.05) is 31.2 Å². The molecule has 1 N–H and O–H groups in total. The van der Waals surface area contributed by atoms with E-state index in [4.69, 9.17) is 4.74 Å². The molecule has 0 unspecified atom stereocenters. The van der Waals surface area contributed by atoms with Crippen LogP contribution in [-0.2, 0) is 21.4 Å². The van der Waals surface area contributed by atoms with Gasteiger partial charge in [0.2, 0.25) is 0 Å². The van der Waals surface area contributed by atoms with Crippen LogP contribution in [0.15, 0.2) is 113 Å². The maximum atomic E-state index is 13.5. The van der Waals surface area contributed by atoms with Gasteiger partial charge >= 0.3 is 0 Å². The number of rotatable bonds is 11. The van der Waals surface area contributed by atoms with Crippen molar-refractivity contribution in [2.75, 3.05) is 10.8 Å². The molecule has 0 bridgehead atoms. The highest BCUT2D eigenvalue weighted by molar-refractivity contribution is 7.93. The summed E-state index contributed by atoms with van der Waals surface area (Å²) in [6.07, 6.45) is 1.41. The Bertz CT molecular complexity index is 1610. The van der Waals surface area contributed by atoms with Gasteiger partial charge in [0.15, 0.2) is 4.90 Å². The fourth-order valence-corrected chi connectivity index (χ4v) is 5.28. The molecule has 0 spiro atoms. The van der Waals surface area contributed by atoms with Crippen LogP contribution in [0.1, 0.15) is 16.7 Å². The minimum absolute atomic E-state index is 0.168. The number of nitro groups is 1. The van der Waals surface area contributed by atoms with Gasteiger partial charge < -0.3 is 4.74 Å². The molecule has 11 heteroatoms. The minimum Gasteiger partial charge on any atom is -0.489 e. The number of anilines is 1. The Morgan fingerprint density at radius 3 is 2.27 bits per heavy atom. The lowest BCUT2D eigenvalue weighted by Crippen LogP contribution is -2.39. The summed E-state index contributed by atoms with van der Waals surface area (Å²) in [6, 6.07) is 28.0. The van der Waals surface area contributed by atoms with Crippen molar-refractivity contribution in [2.45, 2.75) is 18.4 Å². The third-order valence-corrected chi connectivity index (χ3v) is 7.59. The van der Waals surface area contributed by atoms with Crippen LogP contribution in [0.5, 0.6) is 5.75 Å². The third-order valence-electron chi connectivity index (χ3n) is 5.77. The summed E-state index contributed by atoms with van der Waals surface area (Å²) in [7, 11) is -4.47. The molecule has 0 atom stereocenters. The molecule has 0 aromatic heterocycles. The zero-order chi connectivity index (χ0) is 28.5. The second kappa shape index (κ2) is 12.7.